The van der Waals surface area contributed by atoms with Crippen LogP contribution in [0.2, 0.25) is 0 Å². The molecular formula is C24H21N3O3. The average molecular weight is 399 g/mol. The maximum atomic E-state index is 12.6. The van der Waals surface area contributed by atoms with Crippen molar-refractivity contribution in [1.82, 2.24) is 15.0 Å². The number of carbonyl (C=O) groups is 2. The van der Waals surface area contributed by atoms with Crippen LogP contribution in [0.5, 0.6) is 0 Å². The topological polar surface area (TPSA) is 74.1 Å². The minimum absolute atomic E-state index is 0.193. The number of carbonyl (C=O) groups excluding carboxylic acids is 2. The van der Waals surface area contributed by atoms with Gasteiger partial charge in [-0.2, -0.15) is 0 Å². The Balaban J connectivity index is 1.44. The first-order valence-corrected chi connectivity index (χ1v) is 9.83. The van der Waals surface area contributed by atoms with Gasteiger partial charge in [-0.25, -0.2) is 9.48 Å². The molecule has 0 saturated heterocycles. The Morgan fingerprint density at radius 2 is 1.60 bits per heavy atom. The molecule has 0 amide bonds. The van der Waals surface area contributed by atoms with Crippen LogP contribution in [0, 0.1) is 0 Å². The van der Waals surface area contributed by atoms with E-state index in [0.717, 1.165) is 16.6 Å². The predicted octanol–water partition coefficient (Wildman–Crippen LogP) is 4.30. The highest BCUT2D eigenvalue weighted by Gasteiger charge is 2.23. The number of rotatable bonds is 7. The molecule has 4 aromatic rings. The van der Waals surface area contributed by atoms with Crippen LogP contribution in [-0.2, 0) is 11.3 Å². The Labute approximate surface area is 174 Å². The molecule has 1 aromatic heterocycles. The van der Waals surface area contributed by atoms with Crippen LogP contribution < -0.4 is 0 Å². The smallest absolute Gasteiger partial charge is 0.338 e. The number of esters is 1. The van der Waals surface area contributed by atoms with Gasteiger partial charge >= 0.3 is 5.97 Å². The molecule has 3 aromatic carbocycles. The Morgan fingerprint density at radius 3 is 2.33 bits per heavy atom. The summed E-state index contributed by atoms with van der Waals surface area (Å²) in [6.07, 6.45) is -0.391. The molecule has 0 aliphatic rings. The Kier molecular flexibility index (Phi) is 5.66. The number of ketones is 1. The average Bonchev–Trinajstić information content (AvgIpc) is 3.21. The summed E-state index contributed by atoms with van der Waals surface area (Å²) in [5, 5.41) is 8.34. The molecule has 6 heteroatoms. The molecule has 30 heavy (non-hydrogen) atoms. The van der Waals surface area contributed by atoms with Crippen LogP contribution in [0.3, 0.4) is 0 Å². The van der Waals surface area contributed by atoms with Gasteiger partial charge < -0.3 is 4.74 Å². The molecule has 0 saturated carbocycles. The molecule has 0 bridgehead atoms. The number of fused-ring (bicyclic) bond motifs is 1. The highest BCUT2D eigenvalue weighted by atomic mass is 16.5. The minimum atomic E-state index is -0.805. The third-order valence-electron chi connectivity index (χ3n) is 4.91. The molecule has 0 spiro atoms. The second-order valence-electron chi connectivity index (χ2n) is 6.97. The monoisotopic (exact) mass is 399 g/mol. The van der Waals surface area contributed by atoms with Crippen LogP contribution in [0.4, 0.5) is 0 Å². The number of Topliss-reactive ketones (excluding diaryl/α,β-unsaturated/α-hetero) is 1. The lowest BCUT2D eigenvalue weighted by Gasteiger charge is -2.15. The Morgan fingerprint density at radius 1 is 0.900 bits per heavy atom. The van der Waals surface area contributed by atoms with Crippen LogP contribution in [0.15, 0.2) is 78.9 Å². The first-order chi connectivity index (χ1) is 14.7. The predicted molar refractivity (Wildman–Crippen MR) is 113 cm³/mol. The number of hydrogen-bond acceptors (Lipinski definition) is 5. The summed E-state index contributed by atoms with van der Waals surface area (Å²) in [5.74, 6) is -0.704. The molecule has 0 radical (unpaired) electrons. The molecular weight excluding hydrogens is 378 g/mol. The number of aromatic nitrogens is 3. The van der Waals surface area contributed by atoms with Gasteiger partial charge in [0.25, 0.3) is 0 Å². The van der Waals surface area contributed by atoms with Crippen LogP contribution in [0.1, 0.15) is 39.6 Å². The Hall–Kier alpha value is -3.80. The number of hydrogen-bond donors (Lipinski definition) is 0. The van der Waals surface area contributed by atoms with Crippen LogP contribution >= 0.6 is 0 Å². The zero-order chi connectivity index (χ0) is 20.9. The van der Waals surface area contributed by atoms with Gasteiger partial charge in [-0.05, 0) is 36.2 Å². The van der Waals surface area contributed by atoms with E-state index in [1.54, 1.807) is 36.4 Å². The second-order valence-corrected chi connectivity index (χ2v) is 6.97. The molecule has 0 aliphatic carbocycles. The van der Waals surface area contributed by atoms with E-state index in [1.165, 1.54) is 0 Å². The van der Waals surface area contributed by atoms with E-state index < -0.39 is 12.1 Å². The SMILES string of the molecule is CC[C@H](OC(=O)c1ccc(Cn2nnc3ccccc32)cc1)C(=O)c1ccccc1. The maximum Gasteiger partial charge on any atom is 0.338 e. The van der Waals surface area contributed by atoms with Crippen molar-refractivity contribution >= 4 is 22.8 Å². The third-order valence-corrected chi connectivity index (χ3v) is 4.91. The van der Waals surface area contributed by atoms with Crippen molar-refractivity contribution in [3.8, 4) is 0 Å². The number of nitrogens with zero attached hydrogens (tertiary/aromatic N) is 3. The van der Waals surface area contributed by atoms with Gasteiger partial charge in [0.05, 0.1) is 17.6 Å². The van der Waals surface area contributed by atoms with Crippen molar-refractivity contribution in [1.29, 1.82) is 0 Å². The van der Waals surface area contributed by atoms with Crippen molar-refractivity contribution in [2.24, 2.45) is 0 Å². The fourth-order valence-corrected chi connectivity index (χ4v) is 3.26. The van der Waals surface area contributed by atoms with E-state index in [9.17, 15) is 9.59 Å². The van der Waals surface area contributed by atoms with E-state index in [-0.39, 0.29) is 5.78 Å². The first-order valence-electron chi connectivity index (χ1n) is 9.83. The molecule has 0 N–H and O–H groups in total. The molecule has 4 rings (SSSR count). The molecule has 1 heterocycles. The Bertz CT molecular complexity index is 1170. The highest BCUT2D eigenvalue weighted by Crippen LogP contribution is 2.15. The largest absolute Gasteiger partial charge is 0.450 e. The number of benzene rings is 3. The van der Waals surface area contributed by atoms with Gasteiger partial charge in [0.1, 0.15) is 5.52 Å². The molecule has 0 unspecified atom stereocenters. The van der Waals surface area contributed by atoms with Crippen molar-refractivity contribution in [3.63, 3.8) is 0 Å². The van der Waals surface area contributed by atoms with Crippen molar-refractivity contribution in [3.05, 3.63) is 95.6 Å². The van der Waals surface area contributed by atoms with Gasteiger partial charge in [-0.15, -0.1) is 5.10 Å². The van der Waals surface area contributed by atoms with E-state index >= 15 is 0 Å². The van der Waals surface area contributed by atoms with Gasteiger partial charge in [0, 0.05) is 5.56 Å². The first kappa shape index (κ1) is 19.5. The quantitative estimate of drug-likeness (QED) is 0.342. The minimum Gasteiger partial charge on any atom is -0.450 e. The third kappa shape index (κ3) is 4.12. The summed E-state index contributed by atoms with van der Waals surface area (Å²) in [7, 11) is 0. The fourth-order valence-electron chi connectivity index (χ4n) is 3.26. The van der Waals surface area contributed by atoms with Gasteiger partial charge in [0.15, 0.2) is 6.10 Å². The standard InChI is InChI=1S/C24H21N3O3/c1-2-22(23(28)18-8-4-3-5-9-18)30-24(29)19-14-12-17(13-15-19)16-27-21-11-7-6-10-20(21)25-26-27/h3-15,22H,2,16H2,1H3/t22-/m0/s1. The molecule has 150 valence electrons. The van der Waals surface area contributed by atoms with Crippen LogP contribution in [-0.4, -0.2) is 32.9 Å². The van der Waals surface area contributed by atoms with Gasteiger partial charge in [0.2, 0.25) is 5.78 Å². The van der Waals surface area contributed by atoms with E-state index in [1.807, 2.05) is 54.1 Å². The molecule has 0 aliphatic heterocycles. The summed E-state index contributed by atoms with van der Waals surface area (Å²) >= 11 is 0. The lowest BCUT2D eigenvalue weighted by molar-refractivity contribution is 0.0277. The number of para-hydroxylation sites is 1. The highest BCUT2D eigenvalue weighted by molar-refractivity contribution is 6.01. The van der Waals surface area contributed by atoms with Crippen molar-refractivity contribution in [2.45, 2.75) is 26.0 Å². The zero-order valence-corrected chi connectivity index (χ0v) is 16.6. The zero-order valence-electron chi connectivity index (χ0n) is 16.6. The normalized spacial score (nSPS) is 11.9. The van der Waals surface area contributed by atoms with Gasteiger partial charge in [-0.3, -0.25) is 4.79 Å². The summed E-state index contributed by atoms with van der Waals surface area (Å²) in [6, 6.07) is 23.7. The van der Waals surface area contributed by atoms with E-state index in [0.29, 0.717) is 24.1 Å². The second kappa shape index (κ2) is 8.69. The summed E-state index contributed by atoms with van der Waals surface area (Å²) in [4.78, 5) is 25.1. The van der Waals surface area contributed by atoms with Crippen molar-refractivity contribution < 1.29 is 14.3 Å². The lowest BCUT2D eigenvalue weighted by atomic mass is 10.0. The summed E-state index contributed by atoms with van der Waals surface area (Å²) < 4.78 is 7.30. The van der Waals surface area contributed by atoms with Gasteiger partial charge in [-0.1, -0.05) is 66.7 Å². The van der Waals surface area contributed by atoms with Crippen LogP contribution in [0.25, 0.3) is 11.0 Å². The summed E-state index contributed by atoms with van der Waals surface area (Å²) in [6.45, 7) is 2.37. The maximum absolute atomic E-state index is 12.6. The summed E-state index contributed by atoms with van der Waals surface area (Å²) in [5.41, 5.74) is 3.71. The van der Waals surface area contributed by atoms with E-state index in [2.05, 4.69) is 10.3 Å². The lowest BCUT2D eigenvalue weighted by Crippen LogP contribution is -2.26. The molecule has 1 atom stereocenters. The molecule has 6 nitrogen and oxygen atoms in total. The fraction of sp³-hybridized carbons (Fsp3) is 0.167. The van der Waals surface area contributed by atoms with Crippen molar-refractivity contribution in [2.75, 3.05) is 0 Å². The van der Waals surface area contributed by atoms with E-state index in [4.69, 9.17) is 4.74 Å². The number of ether oxygens (including phenoxy) is 1. The molecule has 0 fully saturated rings.